The van der Waals surface area contributed by atoms with Crippen LogP contribution in [0, 0.1) is 0 Å². The molecule has 2 aromatic rings. The van der Waals surface area contributed by atoms with E-state index in [1.807, 2.05) is 58.2 Å². The third-order valence-electron chi connectivity index (χ3n) is 3.19. The van der Waals surface area contributed by atoms with Crippen molar-refractivity contribution in [3.05, 3.63) is 60.2 Å². The highest BCUT2D eigenvalue weighted by molar-refractivity contribution is 5.93. The lowest BCUT2D eigenvalue weighted by molar-refractivity contribution is -0.727. The van der Waals surface area contributed by atoms with Gasteiger partial charge in [0.25, 0.3) is 0 Å². The molecular weight excluding hydrogens is 520 g/mol. The summed E-state index contributed by atoms with van der Waals surface area (Å²) in [6.07, 6.45) is 10.1. The third-order valence-corrected chi connectivity index (χ3v) is 3.19. The molecule has 0 spiro atoms. The van der Waals surface area contributed by atoms with Crippen molar-refractivity contribution < 1.29 is 67.1 Å². The number of aryl methyl sites for hydroxylation is 2. The van der Waals surface area contributed by atoms with Gasteiger partial charge in [-0.15, -0.1) is 0 Å². The molecule has 7 heteroatoms. The Morgan fingerprint density at radius 1 is 1.13 bits per heavy atom. The Morgan fingerprint density at radius 2 is 1.74 bits per heavy atom. The van der Waals surface area contributed by atoms with E-state index in [0.717, 1.165) is 30.6 Å². The van der Waals surface area contributed by atoms with Crippen molar-refractivity contribution in [3.63, 3.8) is 0 Å². The average Bonchev–Trinajstić information content (AvgIpc) is 2.48. The molecule has 0 radical (unpaired) electrons. The fourth-order valence-corrected chi connectivity index (χ4v) is 2.13. The van der Waals surface area contributed by atoms with Crippen molar-refractivity contribution in [2.75, 3.05) is 0 Å². The molecule has 0 saturated carbocycles. The predicted octanol–water partition coefficient (Wildman–Crippen LogP) is -4.63. The fourth-order valence-electron chi connectivity index (χ4n) is 2.13. The van der Waals surface area contributed by atoms with Crippen molar-refractivity contribution in [1.29, 1.82) is 0 Å². The highest BCUT2D eigenvalue weighted by Gasteiger charge is 2.08. The van der Waals surface area contributed by atoms with Crippen LogP contribution >= 0.6 is 0 Å². The van der Waals surface area contributed by atoms with E-state index in [0.29, 0.717) is 0 Å². The molecule has 0 aliphatic heterocycles. The molecule has 23 heavy (non-hydrogen) atoms. The summed E-state index contributed by atoms with van der Waals surface area (Å²) in [7, 11) is 0. The maximum atomic E-state index is 11.3. The van der Waals surface area contributed by atoms with Gasteiger partial charge in [0.2, 0.25) is 0 Å². The van der Waals surface area contributed by atoms with Crippen LogP contribution in [0.3, 0.4) is 0 Å². The summed E-state index contributed by atoms with van der Waals surface area (Å²) in [6.45, 7) is 3.26. The zero-order valence-corrected chi connectivity index (χ0v) is 17.1. The Morgan fingerprint density at radius 3 is 2.35 bits per heavy atom. The highest BCUT2D eigenvalue weighted by Crippen LogP contribution is 1.96. The zero-order valence-electron chi connectivity index (χ0n) is 12.8. The second kappa shape index (κ2) is 11.4. The normalized spacial score (nSPS) is 9.96. The molecule has 0 aliphatic carbocycles. The number of halogens is 2. The molecule has 5 nitrogen and oxygen atoms in total. The van der Waals surface area contributed by atoms with E-state index in [2.05, 4.69) is 5.16 Å². The average molecular weight is 539 g/mol. The van der Waals surface area contributed by atoms with Gasteiger partial charge in [-0.1, -0.05) is 5.16 Å². The van der Waals surface area contributed by atoms with E-state index in [9.17, 15) is 4.79 Å². The van der Waals surface area contributed by atoms with Crippen molar-refractivity contribution in [2.45, 2.75) is 26.4 Å². The predicted molar refractivity (Wildman–Crippen MR) is 77.3 cm³/mol. The zero-order chi connectivity index (χ0) is 15.1. The Kier molecular flexibility index (Phi) is 10.9. The first-order valence-corrected chi connectivity index (χ1v) is 6.85. The van der Waals surface area contributed by atoms with Crippen molar-refractivity contribution in [1.82, 2.24) is 0 Å². The molecule has 0 unspecified atom stereocenters. The molecule has 0 fully saturated rings. The summed E-state index contributed by atoms with van der Waals surface area (Å²) in [5, 5.41) is 11.6. The summed E-state index contributed by atoms with van der Waals surface area (Å²) >= 11 is 0. The van der Waals surface area contributed by atoms with Crippen LogP contribution in [0.2, 0.25) is 0 Å². The standard InChI is InChI=1S/C16H18N3O2.2HI/c1-14(20)16-6-3-8-19(13-16)10-4-9-18-7-2-5-15(12-18)11-17-21;;/h2-3,5-8,11-13H,4,9-10H2,1H3;2*1H/q+1;;/p-1/b17-11+;;. The third kappa shape index (κ3) is 7.34. The van der Waals surface area contributed by atoms with Crippen LogP contribution in [-0.2, 0) is 13.1 Å². The first-order chi connectivity index (χ1) is 10.2. The summed E-state index contributed by atoms with van der Waals surface area (Å²) in [4.78, 5) is 11.3. The summed E-state index contributed by atoms with van der Waals surface area (Å²) < 4.78 is 4.07. The summed E-state index contributed by atoms with van der Waals surface area (Å²) in [5.41, 5.74) is 1.58. The Hall–Kier alpha value is -1.10. The molecule has 0 amide bonds. The molecule has 1 N–H and O–H groups in total. The Labute approximate surface area is 170 Å². The number of aromatic nitrogens is 2. The molecule has 0 atom stereocenters. The van der Waals surface area contributed by atoms with Crippen LogP contribution in [0.4, 0.5) is 0 Å². The van der Waals surface area contributed by atoms with Gasteiger partial charge in [0.05, 0.1) is 23.8 Å². The van der Waals surface area contributed by atoms with Gasteiger partial charge in [0.1, 0.15) is 0 Å². The monoisotopic (exact) mass is 539 g/mol. The quantitative estimate of drug-likeness (QED) is 0.100. The maximum Gasteiger partial charge on any atom is 0.179 e. The van der Waals surface area contributed by atoms with Crippen molar-refractivity contribution in [2.24, 2.45) is 5.16 Å². The molecule has 0 aliphatic rings. The summed E-state index contributed by atoms with van der Waals surface area (Å²) in [5.74, 6) is 0.0784. The van der Waals surface area contributed by atoms with Gasteiger partial charge in [-0.25, -0.2) is 9.13 Å². The second-order valence-electron chi connectivity index (χ2n) is 4.86. The molecule has 0 aromatic carbocycles. The van der Waals surface area contributed by atoms with E-state index in [1.165, 1.54) is 6.21 Å². The number of Topliss-reactive ketones (excluding diaryl/α,β-unsaturated/α-hetero) is 1. The number of nitrogens with zero attached hydrogens (tertiary/aromatic N) is 3. The minimum absolute atomic E-state index is 0. The molecule has 0 saturated heterocycles. The van der Waals surface area contributed by atoms with E-state index < -0.39 is 0 Å². The van der Waals surface area contributed by atoms with Crippen LogP contribution in [-0.4, -0.2) is 17.2 Å². The van der Waals surface area contributed by atoms with Crippen LogP contribution in [0.25, 0.3) is 0 Å². The first kappa shape index (κ1) is 21.9. The summed E-state index contributed by atoms with van der Waals surface area (Å²) in [6, 6.07) is 7.51. The fraction of sp³-hybridized carbons (Fsp3) is 0.250. The van der Waals surface area contributed by atoms with Gasteiger partial charge >= 0.3 is 0 Å². The lowest BCUT2D eigenvalue weighted by Gasteiger charge is -1.98. The number of hydrogen-bond donors (Lipinski definition) is 1. The number of rotatable bonds is 6. The van der Waals surface area contributed by atoms with Crippen LogP contribution in [0.1, 0.15) is 29.3 Å². The van der Waals surface area contributed by atoms with Gasteiger partial charge in [0.15, 0.2) is 43.7 Å². The minimum atomic E-state index is 0. The molecule has 2 aromatic heterocycles. The SMILES string of the molecule is CC(=O)c1ccc[n+](CCC[n+]2cccc(/C=N/O)c2)c1.[I-].[I-]. The molecule has 124 valence electrons. The Balaban J connectivity index is 0.00000242. The van der Waals surface area contributed by atoms with Gasteiger partial charge in [-0.3, -0.25) is 4.79 Å². The number of oxime groups is 1. The maximum absolute atomic E-state index is 11.3. The Bertz CT molecular complexity index is 663. The van der Waals surface area contributed by atoms with Crippen LogP contribution in [0.5, 0.6) is 0 Å². The number of hydrogen-bond acceptors (Lipinski definition) is 3. The van der Waals surface area contributed by atoms with Gasteiger partial charge in [0, 0.05) is 12.1 Å². The highest BCUT2D eigenvalue weighted by atomic mass is 127. The van der Waals surface area contributed by atoms with Gasteiger partial charge in [-0.2, -0.15) is 0 Å². The van der Waals surface area contributed by atoms with Gasteiger partial charge < -0.3 is 53.2 Å². The molecule has 2 rings (SSSR count). The largest absolute Gasteiger partial charge is 1.00 e. The molecule has 0 bridgehead atoms. The number of pyridine rings is 2. The van der Waals surface area contributed by atoms with E-state index in [-0.39, 0.29) is 53.7 Å². The minimum Gasteiger partial charge on any atom is -1.00 e. The van der Waals surface area contributed by atoms with E-state index in [1.54, 1.807) is 6.92 Å². The van der Waals surface area contributed by atoms with Crippen LogP contribution < -0.4 is 57.1 Å². The lowest BCUT2D eigenvalue weighted by atomic mass is 10.2. The number of carbonyl (C=O) groups is 1. The second-order valence-corrected chi connectivity index (χ2v) is 4.86. The number of carbonyl (C=O) groups excluding carboxylic acids is 1. The van der Waals surface area contributed by atoms with Gasteiger partial charge in [-0.05, 0) is 19.1 Å². The van der Waals surface area contributed by atoms with Crippen LogP contribution in [0.15, 0.2) is 54.2 Å². The first-order valence-electron chi connectivity index (χ1n) is 6.85. The topological polar surface area (TPSA) is 57.4 Å². The van der Waals surface area contributed by atoms with Crippen molar-refractivity contribution >= 4 is 12.0 Å². The van der Waals surface area contributed by atoms with E-state index in [4.69, 9.17) is 5.21 Å². The van der Waals surface area contributed by atoms with Crippen molar-refractivity contribution in [3.8, 4) is 0 Å². The number of ketones is 1. The molecular formula is C16H19I2N3O2. The molecule has 2 heterocycles. The van der Waals surface area contributed by atoms with E-state index >= 15 is 0 Å². The smallest absolute Gasteiger partial charge is 0.179 e. The lowest BCUT2D eigenvalue weighted by Crippen LogP contribution is -3.00.